The molecule has 0 spiro atoms. The van der Waals surface area contributed by atoms with Gasteiger partial charge in [0.05, 0.1) is 13.2 Å². The molecule has 0 fully saturated rings. The Bertz CT molecular complexity index is 383. The maximum absolute atomic E-state index is 10.4. The van der Waals surface area contributed by atoms with Crippen molar-refractivity contribution in [1.82, 2.24) is 5.32 Å². The Morgan fingerprint density at radius 3 is 2.32 bits per heavy atom. The van der Waals surface area contributed by atoms with Crippen molar-refractivity contribution in [3.63, 3.8) is 0 Å². The highest BCUT2D eigenvalue weighted by Crippen LogP contribution is 2.28. The topological polar surface area (TPSA) is 61.7 Å². The summed E-state index contributed by atoms with van der Waals surface area (Å²) in [7, 11) is 1.64. The van der Waals surface area contributed by atoms with Crippen LogP contribution in [0.15, 0.2) is 12.1 Å². The van der Waals surface area contributed by atoms with E-state index < -0.39 is 6.10 Å². The van der Waals surface area contributed by atoms with Crippen molar-refractivity contribution in [1.29, 1.82) is 0 Å². The Hall–Kier alpha value is -1.10. The molecule has 2 atom stereocenters. The lowest BCUT2D eigenvalue weighted by atomic mass is 9.94. The maximum Gasteiger partial charge on any atom is 0.119 e. The quantitative estimate of drug-likeness (QED) is 0.658. The van der Waals surface area contributed by atoms with Crippen LogP contribution in [0.4, 0.5) is 0 Å². The van der Waals surface area contributed by atoms with E-state index in [9.17, 15) is 5.11 Å². The van der Waals surface area contributed by atoms with Crippen LogP contribution in [0.3, 0.4) is 0 Å². The Morgan fingerprint density at radius 2 is 1.84 bits per heavy atom. The maximum atomic E-state index is 10.4. The predicted molar refractivity (Wildman–Crippen MR) is 76.6 cm³/mol. The van der Waals surface area contributed by atoms with E-state index in [0.717, 1.165) is 22.4 Å². The summed E-state index contributed by atoms with van der Waals surface area (Å²) >= 11 is 0. The highest BCUT2D eigenvalue weighted by atomic mass is 16.5. The van der Waals surface area contributed by atoms with Crippen LogP contribution >= 0.6 is 0 Å². The molecular weight excluding hydrogens is 242 g/mol. The molecule has 0 aromatic heterocycles. The first-order valence-electron chi connectivity index (χ1n) is 6.68. The van der Waals surface area contributed by atoms with Gasteiger partial charge < -0.3 is 20.3 Å². The number of ether oxygens (including phenoxy) is 1. The minimum absolute atomic E-state index is 0.0580. The Labute approximate surface area is 115 Å². The number of aliphatic hydroxyl groups is 2. The SMILES string of the molecule is COc1cc(C)c(C(O)C(C)NCCCO)c(C)c1. The second kappa shape index (κ2) is 7.48. The summed E-state index contributed by atoms with van der Waals surface area (Å²) in [6, 6.07) is 3.81. The monoisotopic (exact) mass is 267 g/mol. The fourth-order valence-electron chi connectivity index (χ4n) is 2.29. The largest absolute Gasteiger partial charge is 0.497 e. The first-order valence-corrected chi connectivity index (χ1v) is 6.68. The Balaban J connectivity index is 2.84. The number of aryl methyl sites for hydroxylation is 2. The van der Waals surface area contributed by atoms with Gasteiger partial charge in [-0.3, -0.25) is 0 Å². The predicted octanol–water partition coefficient (Wildman–Crippen LogP) is 1.71. The van der Waals surface area contributed by atoms with E-state index >= 15 is 0 Å². The zero-order valence-corrected chi connectivity index (χ0v) is 12.2. The smallest absolute Gasteiger partial charge is 0.119 e. The van der Waals surface area contributed by atoms with Crippen molar-refractivity contribution < 1.29 is 14.9 Å². The molecule has 0 aliphatic rings. The van der Waals surface area contributed by atoms with Crippen LogP contribution in [-0.4, -0.2) is 36.5 Å². The van der Waals surface area contributed by atoms with Crippen molar-refractivity contribution in [2.24, 2.45) is 0 Å². The number of nitrogens with one attached hydrogen (secondary N) is 1. The van der Waals surface area contributed by atoms with Crippen molar-refractivity contribution in [2.75, 3.05) is 20.3 Å². The second-order valence-corrected chi connectivity index (χ2v) is 4.94. The zero-order valence-electron chi connectivity index (χ0n) is 12.2. The molecule has 0 bridgehead atoms. The highest BCUT2D eigenvalue weighted by Gasteiger charge is 2.20. The number of hydrogen-bond acceptors (Lipinski definition) is 4. The molecule has 0 aliphatic carbocycles. The molecule has 0 amide bonds. The molecule has 108 valence electrons. The van der Waals surface area contributed by atoms with Gasteiger partial charge in [0, 0.05) is 12.6 Å². The Kier molecular flexibility index (Phi) is 6.28. The van der Waals surface area contributed by atoms with Crippen LogP contribution in [-0.2, 0) is 0 Å². The molecule has 0 saturated carbocycles. The molecule has 1 rings (SSSR count). The van der Waals surface area contributed by atoms with Gasteiger partial charge in [-0.25, -0.2) is 0 Å². The molecule has 2 unspecified atom stereocenters. The lowest BCUT2D eigenvalue weighted by molar-refractivity contribution is 0.133. The van der Waals surface area contributed by atoms with Crippen LogP contribution in [0.5, 0.6) is 5.75 Å². The van der Waals surface area contributed by atoms with Crippen LogP contribution in [0.25, 0.3) is 0 Å². The molecule has 0 saturated heterocycles. The molecule has 4 nitrogen and oxygen atoms in total. The normalized spacial score (nSPS) is 14.2. The van der Waals surface area contributed by atoms with Gasteiger partial charge in [-0.1, -0.05) is 0 Å². The molecule has 19 heavy (non-hydrogen) atoms. The molecular formula is C15H25NO3. The minimum atomic E-state index is -0.565. The third-order valence-corrected chi connectivity index (χ3v) is 3.37. The molecule has 0 heterocycles. The van der Waals surface area contributed by atoms with Crippen molar-refractivity contribution in [2.45, 2.75) is 39.3 Å². The van der Waals surface area contributed by atoms with E-state index in [1.165, 1.54) is 0 Å². The summed E-state index contributed by atoms with van der Waals surface area (Å²) in [4.78, 5) is 0. The van der Waals surface area contributed by atoms with Gasteiger partial charge in [0.25, 0.3) is 0 Å². The van der Waals surface area contributed by atoms with Gasteiger partial charge in [0.15, 0.2) is 0 Å². The van der Waals surface area contributed by atoms with Gasteiger partial charge in [0.1, 0.15) is 5.75 Å². The van der Waals surface area contributed by atoms with Gasteiger partial charge in [-0.05, 0) is 62.6 Å². The molecule has 1 aromatic rings. The number of methoxy groups -OCH3 is 1. The number of benzene rings is 1. The standard InChI is InChI=1S/C15H25NO3/c1-10-8-13(19-4)9-11(2)14(10)15(18)12(3)16-6-5-7-17/h8-9,12,15-18H,5-7H2,1-4H3. The summed E-state index contributed by atoms with van der Waals surface area (Å²) in [5.41, 5.74) is 3.00. The fraction of sp³-hybridized carbons (Fsp3) is 0.600. The van der Waals surface area contributed by atoms with Crippen molar-refractivity contribution in [3.8, 4) is 5.75 Å². The molecule has 4 heteroatoms. The first kappa shape index (κ1) is 16.0. The average Bonchev–Trinajstić information content (AvgIpc) is 2.37. The van der Waals surface area contributed by atoms with Crippen LogP contribution in [0, 0.1) is 13.8 Å². The summed E-state index contributed by atoms with van der Waals surface area (Å²) in [6.07, 6.45) is 0.127. The van der Waals surface area contributed by atoms with Gasteiger partial charge >= 0.3 is 0 Å². The summed E-state index contributed by atoms with van der Waals surface area (Å²) < 4.78 is 5.23. The van der Waals surface area contributed by atoms with E-state index in [1.807, 2.05) is 32.9 Å². The fourth-order valence-corrected chi connectivity index (χ4v) is 2.29. The Morgan fingerprint density at radius 1 is 1.26 bits per heavy atom. The van der Waals surface area contributed by atoms with E-state index in [1.54, 1.807) is 7.11 Å². The second-order valence-electron chi connectivity index (χ2n) is 4.94. The molecule has 3 N–H and O–H groups in total. The van der Waals surface area contributed by atoms with Crippen molar-refractivity contribution >= 4 is 0 Å². The number of rotatable bonds is 7. The van der Waals surface area contributed by atoms with Gasteiger partial charge in [-0.2, -0.15) is 0 Å². The van der Waals surface area contributed by atoms with Gasteiger partial charge in [-0.15, -0.1) is 0 Å². The third-order valence-electron chi connectivity index (χ3n) is 3.37. The average molecular weight is 267 g/mol. The summed E-state index contributed by atoms with van der Waals surface area (Å²) in [6.45, 7) is 6.77. The summed E-state index contributed by atoms with van der Waals surface area (Å²) in [5.74, 6) is 0.812. The zero-order chi connectivity index (χ0) is 14.4. The van der Waals surface area contributed by atoms with E-state index in [2.05, 4.69) is 5.32 Å². The van der Waals surface area contributed by atoms with Gasteiger partial charge in [0.2, 0.25) is 0 Å². The van der Waals surface area contributed by atoms with E-state index in [-0.39, 0.29) is 12.6 Å². The molecule has 0 aliphatic heterocycles. The number of aliphatic hydroxyl groups excluding tert-OH is 2. The third kappa shape index (κ3) is 4.20. The van der Waals surface area contributed by atoms with E-state index in [4.69, 9.17) is 9.84 Å². The van der Waals surface area contributed by atoms with Crippen LogP contribution in [0.1, 0.15) is 36.1 Å². The minimum Gasteiger partial charge on any atom is -0.497 e. The van der Waals surface area contributed by atoms with Crippen LogP contribution < -0.4 is 10.1 Å². The van der Waals surface area contributed by atoms with Crippen LogP contribution in [0.2, 0.25) is 0 Å². The first-order chi connectivity index (χ1) is 9.01. The lowest BCUT2D eigenvalue weighted by Gasteiger charge is -2.24. The highest BCUT2D eigenvalue weighted by molar-refractivity contribution is 5.42. The van der Waals surface area contributed by atoms with E-state index in [0.29, 0.717) is 13.0 Å². The van der Waals surface area contributed by atoms with Crippen molar-refractivity contribution in [3.05, 3.63) is 28.8 Å². The molecule has 0 radical (unpaired) electrons. The lowest BCUT2D eigenvalue weighted by Crippen LogP contribution is -2.33. The number of hydrogen-bond donors (Lipinski definition) is 3. The summed E-state index contributed by atoms with van der Waals surface area (Å²) in [5, 5.41) is 22.4. The molecule has 1 aromatic carbocycles.